The minimum atomic E-state index is 0.0282. The first-order valence-corrected chi connectivity index (χ1v) is 7.50. The Morgan fingerprint density at radius 3 is 2.68 bits per heavy atom. The fourth-order valence-electron chi connectivity index (χ4n) is 3.13. The van der Waals surface area contributed by atoms with Gasteiger partial charge in [-0.25, -0.2) is 0 Å². The Morgan fingerprint density at radius 1 is 1.42 bits per heavy atom. The molecule has 1 heterocycles. The average molecular weight is 265 g/mol. The van der Waals surface area contributed by atoms with Crippen molar-refractivity contribution in [2.24, 2.45) is 11.7 Å². The molecule has 0 aliphatic heterocycles. The molecule has 0 amide bonds. The van der Waals surface area contributed by atoms with Crippen LogP contribution in [0.2, 0.25) is 0 Å². The van der Waals surface area contributed by atoms with Crippen molar-refractivity contribution in [2.45, 2.75) is 64.5 Å². The first-order valence-electron chi connectivity index (χ1n) is 7.50. The third-order valence-corrected chi connectivity index (χ3v) is 4.22. The molecule has 1 atom stereocenters. The van der Waals surface area contributed by atoms with E-state index in [-0.39, 0.29) is 6.04 Å². The molecule has 1 aliphatic carbocycles. The van der Waals surface area contributed by atoms with E-state index in [4.69, 9.17) is 10.5 Å². The van der Waals surface area contributed by atoms with E-state index >= 15 is 0 Å². The van der Waals surface area contributed by atoms with E-state index in [0.717, 1.165) is 23.8 Å². The Labute approximate surface area is 116 Å². The molecule has 1 aromatic rings. The fourth-order valence-corrected chi connectivity index (χ4v) is 3.13. The summed E-state index contributed by atoms with van der Waals surface area (Å²) >= 11 is 0. The van der Waals surface area contributed by atoms with Crippen molar-refractivity contribution in [1.29, 1.82) is 0 Å². The average Bonchev–Trinajstić information content (AvgIpc) is 3.04. The van der Waals surface area contributed by atoms with Gasteiger partial charge in [0.1, 0.15) is 0 Å². The van der Waals surface area contributed by atoms with E-state index in [1.165, 1.54) is 32.1 Å². The number of hydrogen-bond donors (Lipinski definition) is 1. The molecule has 2 rings (SSSR count). The highest BCUT2D eigenvalue weighted by Gasteiger charge is 2.22. The number of hydrogen-bond acceptors (Lipinski definition) is 3. The minimum absolute atomic E-state index is 0.0282. The molecule has 0 bridgehead atoms. The fraction of sp³-hybridized carbons (Fsp3) is 0.800. The van der Waals surface area contributed by atoms with Crippen LogP contribution in [0.4, 0.5) is 0 Å². The van der Waals surface area contributed by atoms with Gasteiger partial charge in [-0.2, -0.15) is 5.10 Å². The van der Waals surface area contributed by atoms with Gasteiger partial charge in [0, 0.05) is 6.04 Å². The number of nitrogens with two attached hydrogens (primary N) is 1. The van der Waals surface area contributed by atoms with E-state index in [1.54, 1.807) is 13.3 Å². The third kappa shape index (κ3) is 3.30. The van der Waals surface area contributed by atoms with Crippen LogP contribution in [0.1, 0.15) is 70.2 Å². The minimum Gasteiger partial charge on any atom is -0.493 e. The summed E-state index contributed by atoms with van der Waals surface area (Å²) in [5.74, 6) is 1.71. The lowest BCUT2D eigenvalue weighted by atomic mass is 9.97. The normalized spacial score (nSPS) is 18.2. The number of aromatic nitrogens is 2. The molecule has 1 unspecified atom stereocenters. The molecule has 1 saturated carbocycles. The van der Waals surface area contributed by atoms with Crippen LogP contribution in [-0.2, 0) is 0 Å². The van der Waals surface area contributed by atoms with Crippen molar-refractivity contribution in [3.05, 3.63) is 11.9 Å². The highest BCUT2D eigenvalue weighted by molar-refractivity contribution is 5.28. The van der Waals surface area contributed by atoms with Gasteiger partial charge in [-0.1, -0.05) is 25.7 Å². The molecule has 4 nitrogen and oxygen atoms in total. The molecular weight excluding hydrogens is 238 g/mol. The lowest BCUT2D eigenvalue weighted by Crippen LogP contribution is -2.19. The molecule has 4 heteroatoms. The van der Waals surface area contributed by atoms with Gasteiger partial charge in [0.2, 0.25) is 0 Å². The van der Waals surface area contributed by atoms with Gasteiger partial charge in [0.05, 0.1) is 25.0 Å². The maximum atomic E-state index is 6.39. The summed E-state index contributed by atoms with van der Waals surface area (Å²) in [7, 11) is 1.69. The number of methoxy groups -OCH3 is 1. The SMILES string of the molecule is COc1cnn(C(C)C)c1C(N)CCC1CCCC1. The molecule has 0 radical (unpaired) electrons. The zero-order valence-electron chi connectivity index (χ0n) is 12.4. The highest BCUT2D eigenvalue weighted by atomic mass is 16.5. The van der Waals surface area contributed by atoms with E-state index in [2.05, 4.69) is 18.9 Å². The lowest BCUT2D eigenvalue weighted by Gasteiger charge is -2.19. The molecule has 1 fully saturated rings. The second-order valence-corrected chi connectivity index (χ2v) is 5.97. The summed E-state index contributed by atoms with van der Waals surface area (Å²) in [5.41, 5.74) is 7.44. The van der Waals surface area contributed by atoms with Gasteiger partial charge in [-0.15, -0.1) is 0 Å². The van der Waals surface area contributed by atoms with Crippen molar-refractivity contribution in [1.82, 2.24) is 9.78 Å². The second kappa shape index (κ2) is 6.42. The number of rotatable bonds is 6. The van der Waals surface area contributed by atoms with Gasteiger partial charge in [-0.3, -0.25) is 4.68 Å². The number of nitrogens with zero attached hydrogens (tertiary/aromatic N) is 2. The van der Waals surface area contributed by atoms with Crippen molar-refractivity contribution in [2.75, 3.05) is 7.11 Å². The first-order chi connectivity index (χ1) is 9.13. The van der Waals surface area contributed by atoms with Crippen molar-refractivity contribution < 1.29 is 4.74 Å². The van der Waals surface area contributed by atoms with Crippen molar-refractivity contribution in [3.8, 4) is 5.75 Å². The van der Waals surface area contributed by atoms with Crippen LogP contribution in [0.25, 0.3) is 0 Å². The summed E-state index contributed by atoms with van der Waals surface area (Å²) in [5, 5.41) is 4.40. The first kappa shape index (κ1) is 14.4. The summed E-state index contributed by atoms with van der Waals surface area (Å²) in [6, 6.07) is 0.344. The Hall–Kier alpha value is -1.03. The van der Waals surface area contributed by atoms with Gasteiger partial charge in [-0.05, 0) is 32.6 Å². The van der Waals surface area contributed by atoms with E-state index in [9.17, 15) is 0 Å². The van der Waals surface area contributed by atoms with Crippen LogP contribution in [-0.4, -0.2) is 16.9 Å². The molecule has 1 aromatic heterocycles. The third-order valence-electron chi connectivity index (χ3n) is 4.22. The Morgan fingerprint density at radius 2 is 2.11 bits per heavy atom. The largest absolute Gasteiger partial charge is 0.493 e. The molecule has 0 saturated heterocycles. The van der Waals surface area contributed by atoms with Crippen LogP contribution in [0.15, 0.2) is 6.20 Å². The van der Waals surface area contributed by atoms with Crippen LogP contribution in [0.3, 0.4) is 0 Å². The van der Waals surface area contributed by atoms with Crippen LogP contribution in [0.5, 0.6) is 5.75 Å². The standard InChI is InChI=1S/C15H27N3O/c1-11(2)18-15(14(19-3)10-17-18)13(16)9-8-12-6-4-5-7-12/h10-13H,4-9,16H2,1-3H3. The predicted molar refractivity (Wildman–Crippen MR) is 77.3 cm³/mol. The van der Waals surface area contributed by atoms with Crippen LogP contribution >= 0.6 is 0 Å². The smallest absolute Gasteiger partial charge is 0.161 e. The van der Waals surface area contributed by atoms with Gasteiger partial charge >= 0.3 is 0 Å². The summed E-state index contributed by atoms with van der Waals surface area (Å²) in [4.78, 5) is 0. The van der Waals surface area contributed by atoms with Gasteiger partial charge in [0.25, 0.3) is 0 Å². The summed E-state index contributed by atoms with van der Waals surface area (Å²) < 4.78 is 7.40. The van der Waals surface area contributed by atoms with E-state index < -0.39 is 0 Å². The predicted octanol–water partition coefficient (Wildman–Crippen LogP) is 3.44. The topological polar surface area (TPSA) is 53.1 Å². The van der Waals surface area contributed by atoms with Crippen LogP contribution < -0.4 is 10.5 Å². The lowest BCUT2D eigenvalue weighted by molar-refractivity contribution is 0.383. The second-order valence-electron chi connectivity index (χ2n) is 5.97. The molecule has 0 aromatic carbocycles. The molecule has 19 heavy (non-hydrogen) atoms. The van der Waals surface area contributed by atoms with Crippen LogP contribution in [0, 0.1) is 5.92 Å². The van der Waals surface area contributed by atoms with Gasteiger partial charge in [0.15, 0.2) is 5.75 Å². The maximum Gasteiger partial charge on any atom is 0.161 e. The highest BCUT2D eigenvalue weighted by Crippen LogP contribution is 2.33. The Kier molecular flexibility index (Phi) is 4.86. The summed E-state index contributed by atoms with van der Waals surface area (Å²) in [6.45, 7) is 4.25. The maximum absolute atomic E-state index is 6.39. The Bertz CT molecular complexity index is 394. The molecule has 108 valence electrons. The zero-order valence-corrected chi connectivity index (χ0v) is 12.4. The van der Waals surface area contributed by atoms with Crippen molar-refractivity contribution in [3.63, 3.8) is 0 Å². The Balaban J connectivity index is 2.03. The van der Waals surface area contributed by atoms with Gasteiger partial charge < -0.3 is 10.5 Å². The van der Waals surface area contributed by atoms with Crippen molar-refractivity contribution >= 4 is 0 Å². The molecule has 1 aliphatic rings. The molecule has 2 N–H and O–H groups in total. The van der Waals surface area contributed by atoms with E-state index in [0.29, 0.717) is 6.04 Å². The zero-order chi connectivity index (χ0) is 13.8. The monoisotopic (exact) mass is 265 g/mol. The molecule has 0 spiro atoms. The molecular formula is C15H27N3O. The summed E-state index contributed by atoms with van der Waals surface area (Å²) in [6.07, 6.45) is 9.60. The number of ether oxygens (including phenoxy) is 1. The van der Waals surface area contributed by atoms with E-state index in [1.807, 2.05) is 4.68 Å². The quantitative estimate of drug-likeness (QED) is 0.857.